The molecule has 0 saturated heterocycles. The van der Waals surface area contributed by atoms with Gasteiger partial charge < -0.3 is 10.6 Å². The van der Waals surface area contributed by atoms with Crippen LogP contribution in [-0.2, 0) is 19.5 Å². The maximum absolute atomic E-state index is 4.50. The van der Waals surface area contributed by atoms with Crippen molar-refractivity contribution in [3.05, 3.63) is 60.0 Å². The minimum atomic E-state index is 0.555. The summed E-state index contributed by atoms with van der Waals surface area (Å²) in [4.78, 5) is 8.76. The molecule has 3 rings (SSSR count). The lowest BCUT2D eigenvalue weighted by Gasteiger charge is -2.10. The van der Waals surface area contributed by atoms with Gasteiger partial charge in [-0.25, -0.2) is 4.98 Å². The molecule has 24 heavy (non-hydrogen) atoms. The van der Waals surface area contributed by atoms with Crippen LogP contribution in [0.4, 0.5) is 17.5 Å². The van der Waals surface area contributed by atoms with Gasteiger partial charge >= 0.3 is 0 Å². The lowest BCUT2D eigenvalue weighted by atomic mass is 10.1. The van der Waals surface area contributed by atoms with E-state index in [1.165, 1.54) is 11.1 Å². The second-order valence-corrected chi connectivity index (χ2v) is 5.45. The number of benzene rings is 1. The highest BCUT2D eigenvalue weighted by Crippen LogP contribution is 2.15. The first-order valence-corrected chi connectivity index (χ1v) is 8.21. The highest BCUT2D eigenvalue weighted by Gasteiger charge is 2.04. The number of rotatable bonds is 7. The molecule has 0 bridgehead atoms. The molecule has 6 nitrogen and oxygen atoms in total. The highest BCUT2D eigenvalue weighted by atomic mass is 15.3. The third-order valence-electron chi connectivity index (χ3n) is 3.83. The SMILES string of the molecule is CCc1ccccc1CNc1ccnc(Nc2cnn(CC)c2)n1. The van der Waals surface area contributed by atoms with Gasteiger partial charge in [0.1, 0.15) is 5.82 Å². The molecule has 6 heteroatoms. The molecule has 2 heterocycles. The summed E-state index contributed by atoms with van der Waals surface area (Å²) in [5.74, 6) is 1.35. The minimum absolute atomic E-state index is 0.555. The molecule has 2 aromatic heterocycles. The van der Waals surface area contributed by atoms with E-state index in [0.717, 1.165) is 31.0 Å². The monoisotopic (exact) mass is 322 g/mol. The number of aryl methyl sites for hydroxylation is 2. The lowest BCUT2D eigenvalue weighted by molar-refractivity contribution is 0.660. The Morgan fingerprint density at radius 2 is 1.92 bits per heavy atom. The van der Waals surface area contributed by atoms with Crippen molar-refractivity contribution in [1.82, 2.24) is 19.7 Å². The van der Waals surface area contributed by atoms with Gasteiger partial charge in [-0.15, -0.1) is 0 Å². The van der Waals surface area contributed by atoms with Gasteiger partial charge in [-0.1, -0.05) is 31.2 Å². The largest absolute Gasteiger partial charge is 0.366 e. The summed E-state index contributed by atoms with van der Waals surface area (Å²) in [5.41, 5.74) is 3.52. The van der Waals surface area contributed by atoms with Crippen LogP contribution in [0.2, 0.25) is 0 Å². The van der Waals surface area contributed by atoms with E-state index in [-0.39, 0.29) is 0 Å². The van der Waals surface area contributed by atoms with Crippen molar-refractivity contribution in [3.8, 4) is 0 Å². The fraction of sp³-hybridized carbons (Fsp3) is 0.278. The van der Waals surface area contributed by atoms with Gasteiger partial charge in [0, 0.05) is 25.5 Å². The lowest BCUT2D eigenvalue weighted by Crippen LogP contribution is -2.05. The smallest absolute Gasteiger partial charge is 0.229 e. The van der Waals surface area contributed by atoms with Gasteiger partial charge in [-0.05, 0) is 30.5 Å². The summed E-state index contributed by atoms with van der Waals surface area (Å²) in [6.07, 6.45) is 6.47. The van der Waals surface area contributed by atoms with Crippen LogP contribution in [0.5, 0.6) is 0 Å². The standard InChI is InChI=1S/C18H22N6/c1-3-14-7-5-6-8-15(14)11-20-17-9-10-19-18(23-17)22-16-12-21-24(4-2)13-16/h5-10,12-13H,3-4,11H2,1-2H3,(H2,19,20,22,23). The summed E-state index contributed by atoms with van der Waals surface area (Å²) in [6, 6.07) is 10.3. The van der Waals surface area contributed by atoms with E-state index < -0.39 is 0 Å². The Bertz CT molecular complexity index is 795. The van der Waals surface area contributed by atoms with E-state index in [0.29, 0.717) is 5.95 Å². The van der Waals surface area contributed by atoms with Crippen molar-refractivity contribution < 1.29 is 0 Å². The number of hydrogen-bond acceptors (Lipinski definition) is 5. The molecule has 0 aliphatic rings. The number of nitrogens with one attached hydrogen (secondary N) is 2. The molecule has 0 unspecified atom stereocenters. The van der Waals surface area contributed by atoms with Crippen molar-refractivity contribution in [3.63, 3.8) is 0 Å². The van der Waals surface area contributed by atoms with Crippen molar-refractivity contribution >= 4 is 17.5 Å². The zero-order chi connectivity index (χ0) is 16.8. The van der Waals surface area contributed by atoms with E-state index in [1.807, 2.05) is 23.9 Å². The number of anilines is 3. The summed E-state index contributed by atoms with van der Waals surface area (Å²) < 4.78 is 1.85. The van der Waals surface area contributed by atoms with Gasteiger partial charge in [0.05, 0.1) is 11.9 Å². The maximum atomic E-state index is 4.50. The molecule has 0 fully saturated rings. The molecule has 2 N–H and O–H groups in total. The quantitative estimate of drug-likeness (QED) is 0.695. The fourth-order valence-corrected chi connectivity index (χ4v) is 2.51. The molecule has 0 atom stereocenters. The zero-order valence-electron chi connectivity index (χ0n) is 14.0. The topological polar surface area (TPSA) is 67.7 Å². The normalized spacial score (nSPS) is 10.6. The first-order chi connectivity index (χ1) is 11.8. The summed E-state index contributed by atoms with van der Waals surface area (Å²) in [6.45, 7) is 5.79. The van der Waals surface area contributed by atoms with Crippen LogP contribution >= 0.6 is 0 Å². The molecule has 0 aliphatic carbocycles. The van der Waals surface area contributed by atoms with Crippen LogP contribution in [0.15, 0.2) is 48.9 Å². The predicted molar refractivity (Wildman–Crippen MR) is 96.4 cm³/mol. The molecule has 3 aromatic rings. The van der Waals surface area contributed by atoms with Crippen LogP contribution in [-0.4, -0.2) is 19.7 Å². The Balaban J connectivity index is 1.66. The fourth-order valence-electron chi connectivity index (χ4n) is 2.51. The average Bonchev–Trinajstić information content (AvgIpc) is 3.08. The summed E-state index contributed by atoms with van der Waals surface area (Å²) >= 11 is 0. The van der Waals surface area contributed by atoms with E-state index in [1.54, 1.807) is 12.4 Å². The van der Waals surface area contributed by atoms with Crippen molar-refractivity contribution in [1.29, 1.82) is 0 Å². The molecule has 0 amide bonds. The maximum Gasteiger partial charge on any atom is 0.229 e. The van der Waals surface area contributed by atoms with Gasteiger partial charge in [0.2, 0.25) is 5.95 Å². The van der Waals surface area contributed by atoms with Crippen LogP contribution < -0.4 is 10.6 Å². The highest BCUT2D eigenvalue weighted by molar-refractivity contribution is 5.52. The molecule has 1 aromatic carbocycles. The van der Waals surface area contributed by atoms with Crippen LogP contribution in [0, 0.1) is 0 Å². The Morgan fingerprint density at radius 3 is 2.67 bits per heavy atom. The van der Waals surface area contributed by atoms with Gasteiger partial charge in [-0.3, -0.25) is 4.68 Å². The van der Waals surface area contributed by atoms with E-state index in [9.17, 15) is 0 Å². The van der Waals surface area contributed by atoms with Crippen molar-refractivity contribution in [2.24, 2.45) is 0 Å². The minimum Gasteiger partial charge on any atom is -0.366 e. The second-order valence-electron chi connectivity index (χ2n) is 5.45. The molecule has 0 spiro atoms. The first kappa shape index (κ1) is 16.0. The van der Waals surface area contributed by atoms with Crippen LogP contribution in [0.25, 0.3) is 0 Å². The molecular weight excluding hydrogens is 300 g/mol. The predicted octanol–water partition coefficient (Wildman–Crippen LogP) is 3.61. The number of aromatic nitrogens is 4. The van der Waals surface area contributed by atoms with Crippen LogP contribution in [0.3, 0.4) is 0 Å². The van der Waals surface area contributed by atoms with Crippen molar-refractivity contribution in [2.75, 3.05) is 10.6 Å². The molecule has 0 aliphatic heterocycles. The Morgan fingerprint density at radius 1 is 1.08 bits per heavy atom. The molecule has 0 radical (unpaired) electrons. The van der Waals surface area contributed by atoms with Crippen LogP contribution in [0.1, 0.15) is 25.0 Å². The zero-order valence-corrected chi connectivity index (χ0v) is 14.0. The second kappa shape index (κ2) is 7.59. The Kier molecular flexibility index (Phi) is 5.05. The van der Waals surface area contributed by atoms with Gasteiger partial charge in [0.15, 0.2) is 0 Å². The molecule has 0 saturated carbocycles. The van der Waals surface area contributed by atoms with Gasteiger partial charge in [0.25, 0.3) is 0 Å². The third-order valence-corrected chi connectivity index (χ3v) is 3.83. The Hall–Kier alpha value is -2.89. The van der Waals surface area contributed by atoms with E-state index in [4.69, 9.17) is 0 Å². The summed E-state index contributed by atoms with van der Waals surface area (Å²) in [7, 11) is 0. The molecular formula is C18H22N6. The van der Waals surface area contributed by atoms with Crippen molar-refractivity contribution in [2.45, 2.75) is 33.4 Å². The van der Waals surface area contributed by atoms with E-state index in [2.05, 4.69) is 56.9 Å². The molecule has 124 valence electrons. The Labute approximate surface area is 142 Å². The average molecular weight is 322 g/mol. The number of nitrogens with zero attached hydrogens (tertiary/aromatic N) is 4. The summed E-state index contributed by atoms with van der Waals surface area (Å²) in [5, 5.41) is 10.8. The van der Waals surface area contributed by atoms with E-state index >= 15 is 0 Å². The number of hydrogen-bond donors (Lipinski definition) is 2. The third kappa shape index (κ3) is 3.90. The first-order valence-electron chi connectivity index (χ1n) is 8.21. The van der Waals surface area contributed by atoms with Gasteiger partial charge in [-0.2, -0.15) is 10.1 Å².